The Morgan fingerprint density at radius 2 is 1.90 bits per heavy atom. The zero-order valence-corrected chi connectivity index (χ0v) is 13.5. The lowest BCUT2D eigenvalue weighted by Gasteiger charge is -2.23. The summed E-state index contributed by atoms with van der Waals surface area (Å²) in [6, 6.07) is 0.576. The number of nitrogens with zero attached hydrogens (tertiary/aromatic N) is 4. The van der Waals surface area contributed by atoms with E-state index in [1.54, 1.807) is 0 Å². The van der Waals surface area contributed by atoms with Crippen LogP contribution in [0.4, 0.5) is 5.82 Å². The molecule has 2 aliphatic rings. The molecule has 0 amide bonds. The molecule has 2 heterocycles. The molecule has 0 radical (unpaired) electrons. The fraction of sp³-hybridized carbons (Fsp3) is 0.733. The second-order valence-electron chi connectivity index (χ2n) is 6.51. The van der Waals surface area contributed by atoms with Gasteiger partial charge in [-0.3, -0.25) is 0 Å². The molecule has 1 aliphatic carbocycles. The maximum atomic E-state index is 6.32. The zero-order chi connectivity index (χ0) is 14.4. The monoisotopic (exact) mass is 294 g/mol. The van der Waals surface area contributed by atoms with E-state index in [2.05, 4.69) is 35.8 Å². The van der Waals surface area contributed by atoms with Gasteiger partial charge in [-0.15, -0.1) is 0 Å². The first-order valence-corrected chi connectivity index (χ1v) is 7.80. The van der Waals surface area contributed by atoms with Gasteiger partial charge in [0.25, 0.3) is 0 Å². The molecule has 20 heavy (non-hydrogen) atoms. The van der Waals surface area contributed by atoms with Crippen molar-refractivity contribution >= 4 is 17.4 Å². The van der Waals surface area contributed by atoms with Crippen LogP contribution < -0.4 is 4.90 Å². The van der Waals surface area contributed by atoms with Gasteiger partial charge >= 0.3 is 0 Å². The second kappa shape index (κ2) is 5.15. The summed E-state index contributed by atoms with van der Waals surface area (Å²) in [4.78, 5) is 14.0. The summed E-state index contributed by atoms with van der Waals surface area (Å²) < 4.78 is 0. The average molecular weight is 295 g/mol. The number of halogens is 1. The van der Waals surface area contributed by atoms with E-state index < -0.39 is 0 Å². The van der Waals surface area contributed by atoms with Crippen LogP contribution in [0.15, 0.2) is 0 Å². The number of hydrogen-bond donors (Lipinski definition) is 0. The predicted octanol–water partition coefficient (Wildman–Crippen LogP) is 2.70. The van der Waals surface area contributed by atoms with Crippen molar-refractivity contribution < 1.29 is 0 Å². The van der Waals surface area contributed by atoms with Gasteiger partial charge in [0, 0.05) is 30.6 Å². The van der Waals surface area contributed by atoms with E-state index in [1.165, 1.54) is 12.8 Å². The van der Waals surface area contributed by atoms with Crippen LogP contribution in [-0.2, 0) is 0 Å². The molecule has 2 atom stereocenters. The van der Waals surface area contributed by atoms with Crippen molar-refractivity contribution in [1.29, 1.82) is 0 Å². The summed E-state index contributed by atoms with van der Waals surface area (Å²) in [6.07, 6.45) is 2.41. The van der Waals surface area contributed by atoms with E-state index in [9.17, 15) is 0 Å². The lowest BCUT2D eigenvalue weighted by atomic mass is 10.1. The molecule has 1 aromatic heterocycles. The fourth-order valence-electron chi connectivity index (χ4n) is 3.12. The van der Waals surface area contributed by atoms with Crippen LogP contribution in [-0.4, -0.2) is 48.1 Å². The minimum atomic E-state index is 0.538. The summed E-state index contributed by atoms with van der Waals surface area (Å²) >= 11 is 6.32. The molecule has 1 saturated carbocycles. The third kappa shape index (κ3) is 2.51. The number of rotatable bonds is 3. The number of anilines is 1. The van der Waals surface area contributed by atoms with Crippen molar-refractivity contribution in [1.82, 2.24) is 14.9 Å². The average Bonchev–Trinajstić information content (AvgIpc) is 3.15. The lowest BCUT2D eigenvalue weighted by molar-refractivity contribution is 0.266. The molecule has 4 nitrogen and oxygen atoms in total. The van der Waals surface area contributed by atoms with E-state index in [-0.39, 0.29) is 0 Å². The Balaban J connectivity index is 1.90. The third-order valence-electron chi connectivity index (χ3n) is 4.56. The number of hydrogen-bond acceptors (Lipinski definition) is 4. The van der Waals surface area contributed by atoms with Crippen LogP contribution in [0.3, 0.4) is 0 Å². The second-order valence-corrected chi connectivity index (χ2v) is 6.87. The molecule has 1 aromatic rings. The van der Waals surface area contributed by atoms with Gasteiger partial charge in [-0.25, -0.2) is 9.97 Å². The molecule has 5 heteroatoms. The molecule has 0 aromatic carbocycles. The molecule has 3 rings (SSSR count). The molecule has 2 unspecified atom stereocenters. The SMILES string of the molecule is Cc1c(Cl)nc(C2CC2)nc1N1CC(C)C(N(C)C)C1. The minimum Gasteiger partial charge on any atom is -0.354 e. The molecular formula is C15H23ClN4. The predicted molar refractivity (Wildman–Crippen MR) is 82.6 cm³/mol. The van der Waals surface area contributed by atoms with E-state index in [4.69, 9.17) is 16.6 Å². The summed E-state index contributed by atoms with van der Waals surface area (Å²) in [5, 5.41) is 0.623. The van der Waals surface area contributed by atoms with Gasteiger partial charge in [0.1, 0.15) is 16.8 Å². The summed E-state index contributed by atoms with van der Waals surface area (Å²) in [7, 11) is 4.31. The molecule has 1 aliphatic heterocycles. The van der Waals surface area contributed by atoms with E-state index in [1.807, 2.05) is 6.92 Å². The van der Waals surface area contributed by atoms with Crippen molar-refractivity contribution in [2.24, 2.45) is 5.92 Å². The molecule has 0 N–H and O–H groups in total. The Bertz CT molecular complexity index is 513. The molecule has 0 spiro atoms. The van der Waals surface area contributed by atoms with Crippen LogP contribution in [0.1, 0.15) is 37.1 Å². The first-order valence-electron chi connectivity index (χ1n) is 7.42. The van der Waals surface area contributed by atoms with Crippen LogP contribution in [0.2, 0.25) is 5.15 Å². The Kier molecular flexibility index (Phi) is 3.63. The number of likely N-dealkylation sites (N-methyl/N-ethyl adjacent to an activating group) is 1. The van der Waals surface area contributed by atoms with Gasteiger partial charge in [0.2, 0.25) is 0 Å². The van der Waals surface area contributed by atoms with Crippen LogP contribution in [0.25, 0.3) is 0 Å². The third-order valence-corrected chi connectivity index (χ3v) is 4.92. The lowest BCUT2D eigenvalue weighted by Crippen LogP contribution is -2.34. The Morgan fingerprint density at radius 1 is 1.20 bits per heavy atom. The van der Waals surface area contributed by atoms with Gasteiger partial charge in [-0.1, -0.05) is 18.5 Å². The molecule has 2 fully saturated rings. The normalized spacial score (nSPS) is 26.6. The van der Waals surface area contributed by atoms with E-state index in [0.717, 1.165) is 30.3 Å². The highest BCUT2D eigenvalue weighted by molar-refractivity contribution is 6.30. The Hall–Kier alpha value is -0.870. The highest BCUT2D eigenvalue weighted by Crippen LogP contribution is 2.40. The van der Waals surface area contributed by atoms with Crippen molar-refractivity contribution in [2.45, 2.75) is 38.6 Å². The minimum absolute atomic E-state index is 0.538. The van der Waals surface area contributed by atoms with Crippen molar-refractivity contribution in [3.05, 3.63) is 16.5 Å². The quantitative estimate of drug-likeness (QED) is 0.803. The summed E-state index contributed by atoms with van der Waals surface area (Å²) in [5.74, 6) is 3.17. The van der Waals surface area contributed by atoms with Crippen LogP contribution in [0.5, 0.6) is 0 Å². The standard InChI is InChI=1S/C15H23ClN4/c1-9-7-20(8-12(9)19(3)4)15-10(2)13(16)17-14(18-15)11-5-6-11/h9,11-12H,5-8H2,1-4H3. The van der Waals surface area contributed by atoms with Crippen LogP contribution >= 0.6 is 11.6 Å². The van der Waals surface area contributed by atoms with Crippen molar-refractivity contribution in [3.63, 3.8) is 0 Å². The van der Waals surface area contributed by atoms with Gasteiger partial charge in [0.05, 0.1) is 0 Å². The zero-order valence-electron chi connectivity index (χ0n) is 12.7. The number of aromatic nitrogens is 2. The summed E-state index contributed by atoms with van der Waals surface area (Å²) in [6.45, 7) is 6.40. The van der Waals surface area contributed by atoms with E-state index in [0.29, 0.717) is 23.0 Å². The first-order chi connectivity index (χ1) is 9.47. The largest absolute Gasteiger partial charge is 0.354 e. The van der Waals surface area contributed by atoms with Crippen molar-refractivity contribution in [2.75, 3.05) is 32.1 Å². The van der Waals surface area contributed by atoms with Gasteiger partial charge in [0.15, 0.2) is 0 Å². The molecule has 0 bridgehead atoms. The van der Waals surface area contributed by atoms with Crippen molar-refractivity contribution in [3.8, 4) is 0 Å². The molecule has 1 saturated heterocycles. The Labute approximate surface area is 126 Å². The Morgan fingerprint density at radius 3 is 2.45 bits per heavy atom. The molecule has 110 valence electrons. The van der Waals surface area contributed by atoms with Gasteiger partial charge in [-0.2, -0.15) is 0 Å². The molecular weight excluding hydrogens is 272 g/mol. The smallest absolute Gasteiger partial charge is 0.137 e. The summed E-state index contributed by atoms with van der Waals surface area (Å²) in [5.41, 5.74) is 1.02. The maximum absolute atomic E-state index is 6.32. The highest BCUT2D eigenvalue weighted by atomic mass is 35.5. The fourth-order valence-corrected chi connectivity index (χ4v) is 3.29. The highest BCUT2D eigenvalue weighted by Gasteiger charge is 2.34. The van der Waals surface area contributed by atoms with Crippen LogP contribution in [0, 0.1) is 12.8 Å². The topological polar surface area (TPSA) is 32.3 Å². The van der Waals surface area contributed by atoms with Gasteiger partial charge in [-0.05, 0) is 39.8 Å². The van der Waals surface area contributed by atoms with E-state index >= 15 is 0 Å². The first kappa shape index (κ1) is 14.1. The van der Waals surface area contributed by atoms with Gasteiger partial charge < -0.3 is 9.80 Å². The maximum Gasteiger partial charge on any atom is 0.137 e.